The number of amides is 4. The molecule has 0 radical (unpaired) electrons. The van der Waals surface area contributed by atoms with Crippen molar-refractivity contribution < 1.29 is 32.3 Å². The number of fused-ring (bicyclic) bond motifs is 2. The number of aromatic nitrogens is 1. The first kappa shape index (κ1) is 34.8. The van der Waals surface area contributed by atoms with Gasteiger partial charge in [-0.1, -0.05) is 46.2 Å². The zero-order chi connectivity index (χ0) is 36.2. The van der Waals surface area contributed by atoms with Gasteiger partial charge in [0.25, 0.3) is 15.9 Å². The number of hydrogen-bond donors (Lipinski definition) is 4. The van der Waals surface area contributed by atoms with E-state index in [2.05, 4.69) is 34.2 Å². The Kier molecular flexibility index (Phi) is 7.80. The average Bonchev–Trinajstić information content (AvgIpc) is 3.91. The van der Waals surface area contributed by atoms with E-state index in [0.717, 1.165) is 32.1 Å². The van der Waals surface area contributed by atoms with Crippen LogP contribution in [0.1, 0.15) is 93.4 Å². The van der Waals surface area contributed by atoms with Crippen molar-refractivity contribution in [3.05, 3.63) is 30.5 Å². The molecule has 4 saturated carbocycles. The van der Waals surface area contributed by atoms with Crippen LogP contribution in [0.3, 0.4) is 0 Å². The fourth-order valence-corrected chi connectivity index (χ4v) is 11.1. The average molecular weight is 710 g/mol. The van der Waals surface area contributed by atoms with E-state index in [-0.39, 0.29) is 44.8 Å². The minimum atomic E-state index is -4.29. The van der Waals surface area contributed by atoms with Gasteiger partial charge in [0.15, 0.2) is 0 Å². The van der Waals surface area contributed by atoms with E-state index in [1.165, 1.54) is 6.07 Å². The number of nitrogens with zero attached hydrogens (tertiary/aromatic N) is 1. The van der Waals surface area contributed by atoms with Crippen molar-refractivity contribution in [2.24, 2.45) is 34.0 Å². The number of ether oxygens (including phenoxy) is 1. The number of alkyl carbamates (subject to hydrolysis) is 1. The predicted molar refractivity (Wildman–Crippen MR) is 186 cm³/mol. The molecule has 2 heterocycles. The van der Waals surface area contributed by atoms with E-state index in [0.29, 0.717) is 30.3 Å². The lowest BCUT2D eigenvalue weighted by Gasteiger charge is -2.33. The molecule has 1 aromatic heterocycles. The van der Waals surface area contributed by atoms with Gasteiger partial charge in [0.1, 0.15) is 28.1 Å². The molecule has 1 aromatic carbocycles. The number of carbonyl (C=O) groups excluding carboxylic acids is 4. The lowest BCUT2D eigenvalue weighted by atomic mass is 9.73. The third-order valence-corrected chi connectivity index (χ3v) is 14.4. The number of para-hydroxylation sites is 1. The summed E-state index contributed by atoms with van der Waals surface area (Å²) in [6.07, 6.45) is 6.67. The molecule has 2 aromatic rings. The Morgan fingerprint density at radius 3 is 2.30 bits per heavy atom. The van der Waals surface area contributed by atoms with Crippen LogP contribution in [0.4, 0.5) is 4.79 Å². The highest BCUT2D eigenvalue weighted by Gasteiger charge is 2.85. The van der Waals surface area contributed by atoms with Crippen molar-refractivity contribution in [2.75, 3.05) is 6.54 Å². The second kappa shape index (κ2) is 11.2. The standard InChI is InChI=1S/C37H51N5O7S/c1-21(2)27(39-32(46)49-33(3,4)5)30(44)42-20-36(34(6,7)35(36)15-9-16-35)19-25(42)29(43)40-37(18-24(37)22-12-13-22)31(45)41-50(47,48)26-11-8-10-23-14-17-38-28(23)26/h8,10-11,14,17,21-22,24-25,27,38H,9,12-13,15-16,18-20H2,1-7H3,(H,39,46)(H,40,43)(H,41,45)/t24-,25-,27-,36+,37?/m0/s1. The number of H-pyrrole nitrogens is 1. The molecule has 4 aliphatic carbocycles. The summed E-state index contributed by atoms with van der Waals surface area (Å²) in [6, 6.07) is 4.77. The van der Waals surface area contributed by atoms with Gasteiger partial charge < -0.3 is 25.3 Å². The van der Waals surface area contributed by atoms with E-state index >= 15 is 0 Å². The Balaban J connectivity index is 1.17. The minimum Gasteiger partial charge on any atom is -0.444 e. The lowest BCUT2D eigenvalue weighted by molar-refractivity contribution is -0.142. The number of carbonyl (C=O) groups is 4. The van der Waals surface area contributed by atoms with E-state index in [9.17, 15) is 27.6 Å². The maximum atomic E-state index is 14.6. The van der Waals surface area contributed by atoms with Crippen LogP contribution >= 0.6 is 0 Å². The Hall–Kier alpha value is -3.61. The molecule has 1 aliphatic heterocycles. The molecule has 5 atom stereocenters. The number of likely N-dealkylation sites (tertiary alicyclic amines) is 1. The molecular formula is C37H51N5O7S. The maximum absolute atomic E-state index is 14.6. The van der Waals surface area contributed by atoms with E-state index < -0.39 is 51.2 Å². The van der Waals surface area contributed by atoms with E-state index in [1.54, 1.807) is 50.1 Å². The summed E-state index contributed by atoms with van der Waals surface area (Å²) < 4.78 is 35.1. The monoisotopic (exact) mass is 709 g/mol. The van der Waals surface area contributed by atoms with Crippen molar-refractivity contribution in [2.45, 2.75) is 122 Å². The number of rotatable bonds is 9. The van der Waals surface area contributed by atoms with Gasteiger partial charge in [-0.15, -0.1) is 0 Å². The van der Waals surface area contributed by atoms with Crippen LogP contribution < -0.4 is 15.4 Å². The molecule has 2 spiro atoms. The van der Waals surface area contributed by atoms with Crippen molar-refractivity contribution >= 4 is 44.7 Å². The van der Waals surface area contributed by atoms with Gasteiger partial charge in [0.05, 0.1) is 5.52 Å². The second-order valence-electron chi connectivity index (χ2n) is 17.4. The molecule has 0 bridgehead atoms. The summed E-state index contributed by atoms with van der Waals surface area (Å²) in [6.45, 7) is 13.8. The van der Waals surface area contributed by atoms with Crippen molar-refractivity contribution in [1.82, 2.24) is 25.2 Å². The number of aromatic amines is 1. The molecule has 12 nitrogen and oxygen atoms in total. The zero-order valence-corrected chi connectivity index (χ0v) is 31.0. The third kappa shape index (κ3) is 5.23. The molecule has 4 N–H and O–H groups in total. The van der Waals surface area contributed by atoms with Gasteiger partial charge in [0.2, 0.25) is 11.8 Å². The topological polar surface area (TPSA) is 167 Å². The maximum Gasteiger partial charge on any atom is 0.408 e. The highest BCUT2D eigenvalue weighted by Crippen LogP contribution is 2.88. The zero-order valence-electron chi connectivity index (χ0n) is 30.1. The summed E-state index contributed by atoms with van der Waals surface area (Å²) >= 11 is 0. The van der Waals surface area contributed by atoms with E-state index in [1.807, 2.05) is 13.8 Å². The molecule has 272 valence electrons. The van der Waals surface area contributed by atoms with Crippen LogP contribution in [0.2, 0.25) is 0 Å². The van der Waals surface area contributed by atoms with Crippen LogP contribution in [0.5, 0.6) is 0 Å². The van der Waals surface area contributed by atoms with Gasteiger partial charge in [-0.2, -0.15) is 0 Å². The smallest absolute Gasteiger partial charge is 0.408 e. The first-order valence-corrected chi connectivity index (χ1v) is 19.5. The van der Waals surface area contributed by atoms with Crippen LogP contribution in [-0.4, -0.2) is 71.9 Å². The lowest BCUT2D eigenvalue weighted by Crippen LogP contribution is -2.59. The molecule has 1 saturated heterocycles. The minimum absolute atomic E-state index is 0.0254. The molecule has 5 aliphatic rings. The summed E-state index contributed by atoms with van der Waals surface area (Å²) in [5, 5.41) is 6.50. The first-order valence-electron chi connectivity index (χ1n) is 18.0. The summed E-state index contributed by atoms with van der Waals surface area (Å²) in [4.78, 5) is 60.5. The fourth-order valence-electron chi connectivity index (χ4n) is 9.86. The van der Waals surface area contributed by atoms with Gasteiger partial charge in [-0.05, 0) is 100 Å². The normalized spacial score (nSPS) is 29.8. The molecule has 5 fully saturated rings. The van der Waals surface area contributed by atoms with Crippen LogP contribution in [0, 0.1) is 34.0 Å². The molecule has 50 heavy (non-hydrogen) atoms. The van der Waals surface area contributed by atoms with Gasteiger partial charge >= 0.3 is 6.09 Å². The number of nitrogens with one attached hydrogen (secondary N) is 4. The third-order valence-electron chi connectivity index (χ3n) is 13.0. The number of hydrogen-bond acceptors (Lipinski definition) is 7. The molecule has 13 heteroatoms. The van der Waals surface area contributed by atoms with Gasteiger partial charge in [0, 0.05) is 23.5 Å². The Bertz CT molecular complexity index is 1870. The number of benzene rings is 1. The predicted octanol–water partition coefficient (Wildman–Crippen LogP) is 4.60. The Morgan fingerprint density at radius 1 is 1.02 bits per heavy atom. The SMILES string of the molecule is CC(C)[C@H](NC(=O)OC(C)(C)C)C(=O)N1C[C@]2(C[C@H]1C(=O)NC1(C(=O)NS(=O)(=O)c3cccc4cc[nH]c34)C[C@H]1C1CC1)C(C)(C)C21CCC1. The summed E-state index contributed by atoms with van der Waals surface area (Å²) in [7, 11) is -4.29. The molecular weight excluding hydrogens is 659 g/mol. The molecule has 4 amide bonds. The van der Waals surface area contributed by atoms with Gasteiger partial charge in [-0.25, -0.2) is 17.9 Å². The number of sulfonamides is 1. The first-order chi connectivity index (χ1) is 23.3. The molecule has 7 rings (SSSR count). The quantitative estimate of drug-likeness (QED) is 0.295. The summed E-state index contributed by atoms with van der Waals surface area (Å²) in [5.74, 6) is -1.87. The molecule has 1 unspecified atom stereocenters. The van der Waals surface area contributed by atoms with Crippen molar-refractivity contribution in [3.63, 3.8) is 0 Å². The van der Waals surface area contributed by atoms with Crippen molar-refractivity contribution in [3.8, 4) is 0 Å². The van der Waals surface area contributed by atoms with E-state index in [4.69, 9.17) is 4.74 Å². The van der Waals surface area contributed by atoms with Crippen LogP contribution in [-0.2, 0) is 29.1 Å². The van der Waals surface area contributed by atoms with Crippen LogP contribution in [0.15, 0.2) is 35.4 Å². The second-order valence-corrected chi connectivity index (χ2v) is 19.1. The fraction of sp³-hybridized carbons (Fsp3) is 0.676. The summed E-state index contributed by atoms with van der Waals surface area (Å²) in [5.41, 5.74) is -2.13. The largest absolute Gasteiger partial charge is 0.444 e. The van der Waals surface area contributed by atoms with Crippen LogP contribution in [0.25, 0.3) is 10.9 Å². The van der Waals surface area contributed by atoms with Crippen molar-refractivity contribution in [1.29, 1.82) is 0 Å². The Labute approximate surface area is 294 Å². The highest BCUT2D eigenvalue weighted by molar-refractivity contribution is 7.90. The highest BCUT2D eigenvalue weighted by atomic mass is 32.2. The Morgan fingerprint density at radius 2 is 1.72 bits per heavy atom. The van der Waals surface area contributed by atoms with Gasteiger partial charge in [-0.3, -0.25) is 14.4 Å².